The smallest absolute Gasteiger partial charge is 0.326 e. The number of carboxylic acid groups (broad SMARTS) is 1. The molecule has 0 radical (unpaired) electrons. The van der Waals surface area contributed by atoms with Crippen molar-refractivity contribution in [2.45, 2.75) is 24.8 Å². The number of hydrogen-bond acceptors (Lipinski definition) is 4. The van der Waals surface area contributed by atoms with Crippen LogP contribution >= 0.6 is 11.6 Å². The summed E-state index contributed by atoms with van der Waals surface area (Å²) in [6, 6.07) is 2.60. The number of amides is 1. The first kappa shape index (κ1) is 19.4. The van der Waals surface area contributed by atoms with Gasteiger partial charge in [-0.1, -0.05) is 25.4 Å². The maximum absolute atomic E-state index is 12.3. The first-order valence-electron chi connectivity index (χ1n) is 6.74. The maximum atomic E-state index is 12.3. The van der Waals surface area contributed by atoms with E-state index in [2.05, 4.69) is 5.32 Å². The monoisotopic (exact) mass is 362 g/mol. The van der Waals surface area contributed by atoms with E-state index in [4.69, 9.17) is 16.7 Å². The quantitative estimate of drug-likeness (QED) is 0.796. The van der Waals surface area contributed by atoms with E-state index in [9.17, 15) is 18.0 Å². The summed E-state index contributed by atoms with van der Waals surface area (Å²) < 4.78 is 25.2. The Labute approximate surface area is 140 Å². The van der Waals surface area contributed by atoms with Crippen LogP contribution in [0.2, 0.25) is 5.02 Å². The molecule has 0 spiro atoms. The summed E-state index contributed by atoms with van der Waals surface area (Å²) in [5, 5.41) is 11.5. The third-order valence-corrected chi connectivity index (χ3v) is 5.32. The van der Waals surface area contributed by atoms with Crippen LogP contribution in [-0.4, -0.2) is 49.8 Å². The van der Waals surface area contributed by atoms with Gasteiger partial charge in [0, 0.05) is 14.1 Å². The Hall–Kier alpha value is -1.64. The molecule has 0 saturated heterocycles. The van der Waals surface area contributed by atoms with Crippen molar-refractivity contribution in [1.82, 2.24) is 9.62 Å². The number of carbonyl (C=O) groups excluding carboxylic acids is 1. The van der Waals surface area contributed by atoms with Gasteiger partial charge >= 0.3 is 5.97 Å². The molecular weight excluding hydrogens is 344 g/mol. The molecule has 1 aromatic rings. The number of benzene rings is 1. The molecule has 0 aliphatic rings. The molecule has 0 aromatic heterocycles. The number of aliphatic carboxylic acids is 1. The summed E-state index contributed by atoms with van der Waals surface area (Å²) in [4.78, 5) is 23.3. The normalized spacial score (nSPS) is 13.2. The van der Waals surface area contributed by atoms with Gasteiger partial charge < -0.3 is 10.4 Å². The standard InChI is InChI=1S/C14H19ClN2O5S/c1-8(2)12(14(19)20)16-13(18)10-7-9(5-6-11(10)15)23(21,22)17(3)4/h5-8,12H,1-4H3,(H,16,18)(H,19,20)/t12-/m1/s1. The molecule has 1 aromatic carbocycles. The van der Waals surface area contributed by atoms with Crippen molar-refractivity contribution < 1.29 is 23.1 Å². The summed E-state index contributed by atoms with van der Waals surface area (Å²) >= 11 is 5.95. The third-order valence-electron chi connectivity index (χ3n) is 3.18. The first-order chi connectivity index (χ1) is 10.5. The van der Waals surface area contributed by atoms with E-state index in [1.807, 2.05) is 0 Å². The van der Waals surface area contributed by atoms with Crippen LogP contribution in [0.5, 0.6) is 0 Å². The zero-order valence-electron chi connectivity index (χ0n) is 13.2. The van der Waals surface area contributed by atoms with Crippen LogP contribution in [-0.2, 0) is 14.8 Å². The molecule has 2 N–H and O–H groups in total. The van der Waals surface area contributed by atoms with Crippen LogP contribution in [0, 0.1) is 5.92 Å². The molecule has 0 fully saturated rings. The van der Waals surface area contributed by atoms with Gasteiger partial charge in [-0.25, -0.2) is 17.5 Å². The number of carboxylic acids is 1. The Balaban J connectivity index is 3.23. The SMILES string of the molecule is CC(C)[C@@H](NC(=O)c1cc(S(=O)(=O)N(C)C)ccc1Cl)C(=O)O. The second kappa shape index (κ2) is 7.29. The highest BCUT2D eigenvalue weighted by molar-refractivity contribution is 7.89. The molecule has 23 heavy (non-hydrogen) atoms. The number of nitrogens with zero attached hydrogens (tertiary/aromatic N) is 1. The van der Waals surface area contributed by atoms with E-state index < -0.39 is 27.9 Å². The Morgan fingerprint density at radius 2 is 1.83 bits per heavy atom. The summed E-state index contributed by atoms with van der Waals surface area (Å²) in [5.74, 6) is -2.27. The van der Waals surface area contributed by atoms with Gasteiger partial charge in [0.05, 0.1) is 15.5 Å². The van der Waals surface area contributed by atoms with Crippen LogP contribution < -0.4 is 5.32 Å². The highest BCUT2D eigenvalue weighted by Crippen LogP contribution is 2.22. The molecule has 9 heteroatoms. The summed E-state index contributed by atoms with van der Waals surface area (Å²) in [6.07, 6.45) is 0. The predicted octanol–water partition coefficient (Wildman–Crippen LogP) is 1.43. The molecule has 0 aliphatic heterocycles. The number of sulfonamides is 1. The van der Waals surface area contributed by atoms with Crippen LogP contribution in [0.25, 0.3) is 0 Å². The fourth-order valence-electron chi connectivity index (χ4n) is 1.78. The van der Waals surface area contributed by atoms with E-state index in [0.717, 1.165) is 10.4 Å². The van der Waals surface area contributed by atoms with Crippen molar-refractivity contribution in [2.75, 3.05) is 14.1 Å². The van der Waals surface area contributed by atoms with Gasteiger partial charge in [-0.2, -0.15) is 0 Å². The fourth-order valence-corrected chi connectivity index (χ4v) is 2.91. The lowest BCUT2D eigenvalue weighted by molar-refractivity contribution is -0.140. The molecule has 0 unspecified atom stereocenters. The molecule has 0 bridgehead atoms. The van der Waals surface area contributed by atoms with Crippen molar-refractivity contribution in [3.05, 3.63) is 28.8 Å². The Kier molecular flexibility index (Phi) is 6.15. The van der Waals surface area contributed by atoms with Gasteiger partial charge in [0.1, 0.15) is 6.04 Å². The van der Waals surface area contributed by atoms with Gasteiger partial charge in [0.25, 0.3) is 5.91 Å². The van der Waals surface area contributed by atoms with Crippen LogP contribution in [0.15, 0.2) is 23.1 Å². The van der Waals surface area contributed by atoms with E-state index in [1.54, 1.807) is 13.8 Å². The lowest BCUT2D eigenvalue weighted by Crippen LogP contribution is -2.44. The van der Waals surface area contributed by atoms with Gasteiger partial charge in [0.15, 0.2) is 0 Å². The van der Waals surface area contributed by atoms with Crippen molar-refractivity contribution in [2.24, 2.45) is 5.92 Å². The van der Waals surface area contributed by atoms with Gasteiger partial charge in [0.2, 0.25) is 10.0 Å². The molecule has 1 rings (SSSR count). The Bertz CT molecular complexity index is 716. The van der Waals surface area contributed by atoms with Gasteiger partial charge in [-0.3, -0.25) is 4.79 Å². The molecule has 0 heterocycles. The van der Waals surface area contributed by atoms with Crippen LogP contribution in [0.1, 0.15) is 24.2 Å². The minimum absolute atomic E-state index is 0.0353. The largest absolute Gasteiger partial charge is 0.480 e. The summed E-state index contributed by atoms with van der Waals surface area (Å²) in [5.41, 5.74) is -0.0958. The summed E-state index contributed by atoms with van der Waals surface area (Å²) in [6.45, 7) is 3.29. The average molecular weight is 363 g/mol. The fraction of sp³-hybridized carbons (Fsp3) is 0.429. The Morgan fingerprint density at radius 3 is 2.26 bits per heavy atom. The van der Waals surface area contributed by atoms with Crippen LogP contribution in [0.4, 0.5) is 0 Å². The molecule has 1 atom stereocenters. The van der Waals surface area contributed by atoms with E-state index in [0.29, 0.717) is 0 Å². The highest BCUT2D eigenvalue weighted by Gasteiger charge is 2.26. The lowest BCUT2D eigenvalue weighted by atomic mass is 10.0. The van der Waals surface area contributed by atoms with Crippen molar-refractivity contribution in [3.8, 4) is 0 Å². The van der Waals surface area contributed by atoms with Gasteiger partial charge in [-0.05, 0) is 24.1 Å². The maximum Gasteiger partial charge on any atom is 0.326 e. The number of rotatable bonds is 6. The average Bonchev–Trinajstić information content (AvgIpc) is 2.43. The molecule has 0 aliphatic carbocycles. The van der Waals surface area contributed by atoms with Crippen LogP contribution in [0.3, 0.4) is 0 Å². The molecular formula is C14H19ClN2O5S. The van der Waals surface area contributed by atoms with E-state index in [-0.39, 0.29) is 21.4 Å². The molecule has 0 saturated carbocycles. The lowest BCUT2D eigenvalue weighted by Gasteiger charge is -2.19. The van der Waals surface area contributed by atoms with Gasteiger partial charge in [-0.15, -0.1) is 0 Å². The van der Waals surface area contributed by atoms with Crippen molar-refractivity contribution in [3.63, 3.8) is 0 Å². The second-order valence-corrected chi connectivity index (χ2v) is 8.02. The number of carbonyl (C=O) groups is 2. The predicted molar refractivity (Wildman–Crippen MR) is 86.1 cm³/mol. The zero-order valence-corrected chi connectivity index (χ0v) is 14.8. The molecule has 7 nitrogen and oxygen atoms in total. The topological polar surface area (TPSA) is 104 Å². The number of hydrogen-bond donors (Lipinski definition) is 2. The van der Waals surface area contributed by atoms with E-state index >= 15 is 0 Å². The molecule has 128 valence electrons. The zero-order chi connectivity index (χ0) is 17.9. The number of nitrogens with one attached hydrogen (secondary N) is 1. The molecule has 1 amide bonds. The minimum Gasteiger partial charge on any atom is -0.480 e. The van der Waals surface area contributed by atoms with Crippen molar-refractivity contribution in [1.29, 1.82) is 0 Å². The first-order valence-corrected chi connectivity index (χ1v) is 8.56. The van der Waals surface area contributed by atoms with Crippen molar-refractivity contribution >= 4 is 33.5 Å². The number of halogens is 1. The second-order valence-electron chi connectivity index (χ2n) is 5.46. The highest BCUT2D eigenvalue weighted by atomic mass is 35.5. The van der Waals surface area contributed by atoms with E-state index in [1.165, 1.54) is 26.2 Å². The third kappa shape index (κ3) is 4.43. The summed E-state index contributed by atoms with van der Waals surface area (Å²) in [7, 11) is -1.00. The Morgan fingerprint density at radius 1 is 1.26 bits per heavy atom. The minimum atomic E-state index is -3.73.